The summed E-state index contributed by atoms with van der Waals surface area (Å²) in [5.74, 6) is 1.23. The molecule has 3 aromatic heterocycles. The number of aromatic nitrogens is 4. The molecule has 3 heterocycles. The zero-order chi connectivity index (χ0) is 12.9. The molecule has 1 N–H and O–H groups in total. The zero-order valence-corrected chi connectivity index (χ0v) is 10.1. The lowest BCUT2D eigenvalue weighted by atomic mass is 10.2. The van der Waals surface area contributed by atoms with Crippen LogP contribution < -0.4 is 5.32 Å². The largest absolute Gasteiger partial charge is 0.309 e. The summed E-state index contributed by atoms with van der Waals surface area (Å²) in [4.78, 5) is 16.9. The van der Waals surface area contributed by atoms with E-state index in [9.17, 15) is 0 Å². The Morgan fingerprint density at radius 1 is 0.842 bits per heavy atom. The molecule has 5 nitrogen and oxygen atoms in total. The fourth-order valence-corrected chi connectivity index (χ4v) is 1.65. The van der Waals surface area contributed by atoms with E-state index in [1.807, 2.05) is 36.4 Å². The van der Waals surface area contributed by atoms with Gasteiger partial charge in [-0.15, -0.1) is 0 Å². The first-order valence-electron chi connectivity index (χ1n) is 5.83. The van der Waals surface area contributed by atoms with E-state index in [4.69, 9.17) is 0 Å². The van der Waals surface area contributed by atoms with Crippen molar-refractivity contribution in [3.8, 4) is 11.3 Å². The highest BCUT2D eigenvalue weighted by atomic mass is 15.1. The molecule has 0 fully saturated rings. The molecule has 0 bridgehead atoms. The van der Waals surface area contributed by atoms with E-state index in [1.165, 1.54) is 0 Å². The minimum absolute atomic E-state index is 0.514. The van der Waals surface area contributed by atoms with E-state index < -0.39 is 0 Å². The van der Waals surface area contributed by atoms with Gasteiger partial charge >= 0.3 is 0 Å². The molecule has 0 aliphatic heterocycles. The van der Waals surface area contributed by atoms with Crippen LogP contribution in [-0.2, 0) is 0 Å². The number of hydrogen-bond acceptors (Lipinski definition) is 5. The number of pyridine rings is 2. The van der Waals surface area contributed by atoms with Crippen LogP contribution in [0.5, 0.6) is 0 Å². The number of nitrogens with one attached hydrogen (secondary N) is 1. The Bertz CT molecular complexity index is 655. The summed E-state index contributed by atoms with van der Waals surface area (Å²) >= 11 is 0. The Balaban J connectivity index is 1.89. The lowest BCUT2D eigenvalue weighted by Crippen LogP contribution is -1.99. The molecule has 5 heteroatoms. The van der Waals surface area contributed by atoms with Crippen LogP contribution in [0.4, 0.5) is 11.8 Å². The van der Waals surface area contributed by atoms with Gasteiger partial charge in [-0.3, -0.25) is 4.98 Å². The summed E-state index contributed by atoms with van der Waals surface area (Å²) in [5, 5.41) is 3.06. The molecule has 0 saturated heterocycles. The van der Waals surface area contributed by atoms with Crippen molar-refractivity contribution in [2.24, 2.45) is 0 Å². The summed E-state index contributed by atoms with van der Waals surface area (Å²) in [5.41, 5.74) is 1.77. The van der Waals surface area contributed by atoms with Gasteiger partial charge in [0.15, 0.2) is 0 Å². The van der Waals surface area contributed by atoms with Gasteiger partial charge in [0.1, 0.15) is 5.82 Å². The summed E-state index contributed by atoms with van der Waals surface area (Å²) < 4.78 is 0. The average molecular weight is 249 g/mol. The molecule has 0 saturated carbocycles. The third-order valence-corrected chi connectivity index (χ3v) is 2.52. The Hall–Kier alpha value is -2.82. The van der Waals surface area contributed by atoms with Crippen molar-refractivity contribution < 1.29 is 0 Å². The Kier molecular flexibility index (Phi) is 3.10. The molecule has 0 unspecified atom stereocenters. The Morgan fingerprint density at radius 2 is 1.84 bits per heavy atom. The van der Waals surface area contributed by atoms with Gasteiger partial charge in [0, 0.05) is 30.4 Å². The van der Waals surface area contributed by atoms with Gasteiger partial charge in [0.2, 0.25) is 5.95 Å². The van der Waals surface area contributed by atoms with Crippen molar-refractivity contribution in [1.82, 2.24) is 19.9 Å². The fraction of sp³-hybridized carbons (Fsp3) is 0. The Labute approximate surface area is 110 Å². The molecule has 0 aromatic carbocycles. The van der Waals surface area contributed by atoms with Crippen LogP contribution in [0.2, 0.25) is 0 Å². The first kappa shape index (κ1) is 11.3. The first-order valence-corrected chi connectivity index (χ1v) is 5.83. The van der Waals surface area contributed by atoms with Crippen molar-refractivity contribution in [3.05, 3.63) is 61.2 Å². The van der Waals surface area contributed by atoms with Gasteiger partial charge in [0.25, 0.3) is 0 Å². The highest BCUT2D eigenvalue weighted by Gasteiger charge is 2.02. The molecule has 3 rings (SSSR count). The molecular weight excluding hydrogens is 238 g/mol. The van der Waals surface area contributed by atoms with Crippen molar-refractivity contribution >= 4 is 11.8 Å². The summed E-state index contributed by atoms with van der Waals surface area (Å²) in [6, 6.07) is 11.3. The predicted molar refractivity (Wildman–Crippen MR) is 72.8 cm³/mol. The van der Waals surface area contributed by atoms with Gasteiger partial charge in [-0.1, -0.05) is 6.07 Å². The van der Waals surface area contributed by atoms with Crippen LogP contribution in [0, 0.1) is 0 Å². The van der Waals surface area contributed by atoms with Gasteiger partial charge < -0.3 is 5.32 Å². The highest BCUT2D eigenvalue weighted by molar-refractivity contribution is 5.59. The topological polar surface area (TPSA) is 63.6 Å². The lowest BCUT2D eigenvalue weighted by Gasteiger charge is -2.05. The minimum Gasteiger partial charge on any atom is -0.309 e. The van der Waals surface area contributed by atoms with E-state index in [0.29, 0.717) is 11.8 Å². The van der Waals surface area contributed by atoms with E-state index in [0.717, 1.165) is 11.3 Å². The van der Waals surface area contributed by atoms with Crippen molar-refractivity contribution in [2.45, 2.75) is 0 Å². The fourth-order valence-electron chi connectivity index (χ4n) is 1.65. The van der Waals surface area contributed by atoms with Gasteiger partial charge in [0.05, 0.1) is 5.69 Å². The molecule has 0 aliphatic rings. The summed E-state index contributed by atoms with van der Waals surface area (Å²) in [7, 11) is 0. The zero-order valence-electron chi connectivity index (χ0n) is 10.1. The van der Waals surface area contributed by atoms with Crippen molar-refractivity contribution in [3.63, 3.8) is 0 Å². The van der Waals surface area contributed by atoms with E-state index in [-0.39, 0.29) is 0 Å². The predicted octanol–water partition coefficient (Wildman–Crippen LogP) is 2.68. The maximum absolute atomic E-state index is 4.44. The number of nitrogens with zero attached hydrogens (tertiary/aromatic N) is 4. The SMILES string of the molecule is c1ccc(Nc2nccc(-c3cccnc3)n2)nc1. The molecule has 0 spiro atoms. The van der Waals surface area contributed by atoms with Crippen LogP contribution in [0.3, 0.4) is 0 Å². The number of hydrogen-bond donors (Lipinski definition) is 1. The molecule has 3 aromatic rings. The first-order chi connectivity index (χ1) is 9.42. The monoisotopic (exact) mass is 249 g/mol. The average Bonchev–Trinajstić information content (AvgIpc) is 2.49. The third-order valence-electron chi connectivity index (χ3n) is 2.52. The quantitative estimate of drug-likeness (QED) is 0.773. The minimum atomic E-state index is 0.514. The van der Waals surface area contributed by atoms with Crippen LogP contribution in [0.15, 0.2) is 61.2 Å². The molecular formula is C14H11N5. The van der Waals surface area contributed by atoms with Crippen LogP contribution in [0.1, 0.15) is 0 Å². The van der Waals surface area contributed by atoms with Crippen LogP contribution >= 0.6 is 0 Å². The summed E-state index contributed by atoms with van der Waals surface area (Å²) in [6.45, 7) is 0. The second kappa shape index (κ2) is 5.22. The highest BCUT2D eigenvalue weighted by Crippen LogP contribution is 2.17. The molecule has 92 valence electrons. The van der Waals surface area contributed by atoms with Gasteiger partial charge in [-0.25, -0.2) is 15.0 Å². The maximum Gasteiger partial charge on any atom is 0.228 e. The molecule has 0 aliphatic carbocycles. The van der Waals surface area contributed by atoms with E-state index in [1.54, 1.807) is 24.8 Å². The molecule has 0 amide bonds. The van der Waals surface area contributed by atoms with Crippen LogP contribution in [0.25, 0.3) is 11.3 Å². The third kappa shape index (κ3) is 2.71. The standard InChI is InChI=1S/C14H11N5/c1-2-8-16-13(5-1)19-14-17-9-6-12(18-14)11-4-3-7-15-10-11/h1-10H,(H,16,17,18,19). The lowest BCUT2D eigenvalue weighted by molar-refractivity contribution is 1.15. The van der Waals surface area contributed by atoms with Gasteiger partial charge in [-0.2, -0.15) is 0 Å². The molecule has 0 radical (unpaired) electrons. The smallest absolute Gasteiger partial charge is 0.228 e. The Morgan fingerprint density at radius 3 is 2.63 bits per heavy atom. The normalized spacial score (nSPS) is 10.1. The van der Waals surface area contributed by atoms with Gasteiger partial charge in [-0.05, 0) is 30.3 Å². The molecule has 19 heavy (non-hydrogen) atoms. The maximum atomic E-state index is 4.44. The number of rotatable bonds is 3. The molecule has 0 atom stereocenters. The van der Waals surface area contributed by atoms with Crippen LogP contribution in [-0.4, -0.2) is 19.9 Å². The summed E-state index contributed by atoms with van der Waals surface area (Å²) in [6.07, 6.45) is 6.93. The van der Waals surface area contributed by atoms with E-state index in [2.05, 4.69) is 25.3 Å². The second-order valence-corrected chi connectivity index (χ2v) is 3.85. The second-order valence-electron chi connectivity index (χ2n) is 3.85. The number of anilines is 2. The van der Waals surface area contributed by atoms with Crippen molar-refractivity contribution in [2.75, 3.05) is 5.32 Å². The van der Waals surface area contributed by atoms with Crippen molar-refractivity contribution in [1.29, 1.82) is 0 Å². The van der Waals surface area contributed by atoms with E-state index >= 15 is 0 Å².